The molecule has 1 aliphatic heterocycles. The molecule has 2 aliphatic rings. The van der Waals surface area contributed by atoms with Gasteiger partial charge in [-0.15, -0.1) is 0 Å². The second kappa shape index (κ2) is 3.01. The Bertz CT molecular complexity index is 262. The van der Waals surface area contributed by atoms with Gasteiger partial charge in [0.2, 0.25) is 0 Å². The van der Waals surface area contributed by atoms with Crippen molar-refractivity contribution in [2.45, 2.75) is 44.6 Å². The lowest BCUT2D eigenvalue weighted by molar-refractivity contribution is 0.0582. The van der Waals surface area contributed by atoms with E-state index < -0.39 is 11.7 Å². The van der Waals surface area contributed by atoms with Gasteiger partial charge in [-0.3, -0.25) is 0 Å². The summed E-state index contributed by atoms with van der Waals surface area (Å²) in [6.45, 7) is 1.95. The predicted molar refractivity (Wildman–Crippen MR) is 48.5 cm³/mol. The summed E-state index contributed by atoms with van der Waals surface area (Å²) in [7, 11) is 0. The second-order valence-corrected chi connectivity index (χ2v) is 3.85. The molecule has 0 aromatic heterocycles. The SMILES string of the molecule is CC12CCCCCC1=NNC(=O)O2. The van der Waals surface area contributed by atoms with Gasteiger partial charge in [0.15, 0.2) is 5.60 Å². The van der Waals surface area contributed by atoms with E-state index in [-0.39, 0.29) is 0 Å². The van der Waals surface area contributed by atoms with E-state index in [0.717, 1.165) is 31.4 Å². The molecule has 1 atom stereocenters. The van der Waals surface area contributed by atoms with E-state index in [9.17, 15) is 4.79 Å². The highest BCUT2D eigenvalue weighted by atomic mass is 16.6. The Balaban J connectivity index is 2.26. The van der Waals surface area contributed by atoms with Crippen molar-refractivity contribution < 1.29 is 9.53 Å². The highest BCUT2D eigenvalue weighted by molar-refractivity contribution is 5.96. The Labute approximate surface area is 77.3 Å². The quantitative estimate of drug-likeness (QED) is 0.621. The van der Waals surface area contributed by atoms with Crippen molar-refractivity contribution in [1.82, 2.24) is 5.43 Å². The molecule has 1 unspecified atom stereocenters. The van der Waals surface area contributed by atoms with Crippen molar-refractivity contribution in [3.8, 4) is 0 Å². The van der Waals surface area contributed by atoms with Crippen molar-refractivity contribution in [3.63, 3.8) is 0 Å². The fraction of sp³-hybridized carbons (Fsp3) is 0.778. The zero-order valence-electron chi connectivity index (χ0n) is 7.80. The Hall–Kier alpha value is -1.06. The van der Waals surface area contributed by atoms with Crippen LogP contribution in [-0.2, 0) is 4.74 Å². The average molecular weight is 182 g/mol. The van der Waals surface area contributed by atoms with Crippen LogP contribution in [0.1, 0.15) is 39.0 Å². The summed E-state index contributed by atoms with van der Waals surface area (Å²) in [5, 5.41) is 4.06. The van der Waals surface area contributed by atoms with Gasteiger partial charge in [-0.05, 0) is 32.6 Å². The Morgan fingerprint density at radius 1 is 1.46 bits per heavy atom. The van der Waals surface area contributed by atoms with Crippen molar-refractivity contribution in [3.05, 3.63) is 0 Å². The highest BCUT2D eigenvalue weighted by Crippen LogP contribution is 2.29. The van der Waals surface area contributed by atoms with Crippen LogP contribution < -0.4 is 5.43 Å². The number of amides is 1. The van der Waals surface area contributed by atoms with Gasteiger partial charge in [0.05, 0.1) is 5.71 Å². The van der Waals surface area contributed by atoms with Gasteiger partial charge in [0.25, 0.3) is 0 Å². The number of carbonyl (C=O) groups excluding carboxylic acids is 1. The van der Waals surface area contributed by atoms with Gasteiger partial charge in [-0.25, -0.2) is 10.2 Å². The van der Waals surface area contributed by atoms with E-state index in [2.05, 4.69) is 10.5 Å². The third-order valence-corrected chi connectivity index (χ3v) is 2.78. The predicted octanol–water partition coefficient (Wildman–Crippen LogP) is 1.80. The number of ether oxygens (including phenoxy) is 1. The molecule has 1 aliphatic carbocycles. The fourth-order valence-electron chi connectivity index (χ4n) is 1.96. The normalized spacial score (nSPS) is 33.6. The molecule has 1 N–H and O–H groups in total. The third kappa shape index (κ3) is 1.53. The van der Waals surface area contributed by atoms with Gasteiger partial charge in [-0.1, -0.05) is 6.42 Å². The molecule has 4 nitrogen and oxygen atoms in total. The van der Waals surface area contributed by atoms with Crippen molar-refractivity contribution >= 4 is 11.8 Å². The van der Waals surface area contributed by atoms with Gasteiger partial charge >= 0.3 is 6.09 Å². The van der Waals surface area contributed by atoms with Crippen LogP contribution in [0.25, 0.3) is 0 Å². The minimum absolute atomic E-state index is 0.423. The number of hydrazone groups is 1. The molecule has 2 rings (SSSR count). The van der Waals surface area contributed by atoms with Crippen LogP contribution >= 0.6 is 0 Å². The molecule has 0 saturated heterocycles. The van der Waals surface area contributed by atoms with Crippen LogP contribution in [-0.4, -0.2) is 17.4 Å². The first kappa shape index (κ1) is 8.53. The van der Waals surface area contributed by atoms with E-state index in [4.69, 9.17) is 4.74 Å². The Kier molecular flexibility index (Phi) is 1.98. The summed E-state index contributed by atoms with van der Waals surface area (Å²) in [5.41, 5.74) is 2.92. The Morgan fingerprint density at radius 2 is 2.31 bits per heavy atom. The van der Waals surface area contributed by atoms with Crippen molar-refractivity contribution in [2.24, 2.45) is 5.10 Å². The summed E-state index contributed by atoms with van der Waals surface area (Å²) in [6, 6.07) is 0. The number of nitrogens with one attached hydrogen (secondary N) is 1. The maximum Gasteiger partial charge on any atom is 0.428 e. The van der Waals surface area contributed by atoms with Gasteiger partial charge in [-0.2, -0.15) is 5.10 Å². The molecule has 0 aromatic rings. The number of rotatable bonds is 0. The van der Waals surface area contributed by atoms with Crippen LogP contribution in [0.5, 0.6) is 0 Å². The first-order valence-corrected chi connectivity index (χ1v) is 4.77. The molecule has 1 heterocycles. The molecular formula is C9H14N2O2. The van der Waals surface area contributed by atoms with Crippen LogP contribution in [0.4, 0.5) is 4.79 Å². The number of hydrogen-bond donors (Lipinski definition) is 1. The maximum atomic E-state index is 11.0. The maximum absolute atomic E-state index is 11.0. The molecule has 4 heteroatoms. The van der Waals surface area contributed by atoms with Gasteiger partial charge in [0.1, 0.15) is 0 Å². The van der Waals surface area contributed by atoms with E-state index >= 15 is 0 Å². The summed E-state index contributed by atoms with van der Waals surface area (Å²) in [4.78, 5) is 11.0. The van der Waals surface area contributed by atoms with E-state index in [0.29, 0.717) is 0 Å². The summed E-state index contributed by atoms with van der Waals surface area (Å²) >= 11 is 0. The van der Waals surface area contributed by atoms with Crippen LogP contribution in [0, 0.1) is 0 Å². The van der Waals surface area contributed by atoms with Gasteiger partial charge < -0.3 is 4.74 Å². The zero-order chi connectivity index (χ0) is 9.31. The fourth-order valence-corrected chi connectivity index (χ4v) is 1.96. The van der Waals surface area contributed by atoms with E-state index in [1.54, 1.807) is 0 Å². The lowest BCUT2D eigenvalue weighted by atomic mass is 9.94. The lowest BCUT2D eigenvalue weighted by Crippen LogP contribution is -2.47. The standard InChI is InChI=1S/C9H14N2O2/c1-9-6-4-2-3-5-7(9)10-11-8(12)13-9/h2-6H2,1H3,(H,11,12). The van der Waals surface area contributed by atoms with Crippen molar-refractivity contribution in [1.29, 1.82) is 0 Å². The van der Waals surface area contributed by atoms with E-state index in [1.807, 2.05) is 6.92 Å². The van der Waals surface area contributed by atoms with Gasteiger partial charge in [0, 0.05) is 0 Å². The molecule has 1 amide bonds. The molecule has 13 heavy (non-hydrogen) atoms. The van der Waals surface area contributed by atoms with Crippen LogP contribution in [0.15, 0.2) is 5.10 Å². The summed E-state index contributed by atoms with van der Waals surface area (Å²) in [6.07, 6.45) is 4.88. The molecule has 0 aromatic carbocycles. The molecule has 0 radical (unpaired) electrons. The monoisotopic (exact) mass is 182 g/mol. The molecule has 72 valence electrons. The lowest BCUT2D eigenvalue weighted by Gasteiger charge is -2.32. The summed E-state index contributed by atoms with van der Waals surface area (Å²) < 4.78 is 5.28. The molecule has 1 saturated carbocycles. The van der Waals surface area contributed by atoms with Crippen LogP contribution in [0.3, 0.4) is 0 Å². The topological polar surface area (TPSA) is 50.7 Å². The smallest absolute Gasteiger partial charge is 0.428 e. The average Bonchev–Trinajstić information content (AvgIpc) is 2.24. The number of nitrogens with zero attached hydrogens (tertiary/aromatic N) is 1. The van der Waals surface area contributed by atoms with E-state index in [1.165, 1.54) is 6.42 Å². The minimum atomic E-state index is -0.432. The summed E-state index contributed by atoms with van der Waals surface area (Å²) in [5.74, 6) is 0. The number of carbonyl (C=O) groups is 1. The Morgan fingerprint density at radius 3 is 3.15 bits per heavy atom. The first-order valence-electron chi connectivity index (χ1n) is 4.77. The third-order valence-electron chi connectivity index (χ3n) is 2.78. The molecular weight excluding hydrogens is 168 g/mol. The largest absolute Gasteiger partial charge is 0.436 e. The second-order valence-electron chi connectivity index (χ2n) is 3.85. The zero-order valence-corrected chi connectivity index (χ0v) is 7.80. The number of hydrogen-bond acceptors (Lipinski definition) is 3. The molecule has 0 spiro atoms. The first-order chi connectivity index (χ1) is 6.21. The number of fused-ring (bicyclic) bond motifs is 1. The molecule has 1 fully saturated rings. The van der Waals surface area contributed by atoms with Crippen molar-refractivity contribution in [2.75, 3.05) is 0 Å². The minimum Gasteiger partial charge on any atom is -0.436 e. The van der Waals surface area contributed by atoms with Crippen LogP contribution in [0.2, 0.25) is 0 Å². The highest BCUT2D eigenvalue weighted by Gasteiger charge is 2.38. The molecule has 0 bridgehead atoms.